The first kappa shape index (κ1) is 15.7. The topological polar surface area (TPSA) is 62.3 Å². The number of nitrogens with one attached hydrogen (secondary N) is 1. The second-order valence-electron chi connectivity index (χ2n) is 5.13. The van der Waals surface area contributed by atoms with Crippen molar-refractivity contribution in [2.75, 3.05) is 20.1 Å². The SMILES string of the molecule is CN(CCNS(=O)(=O)c1ccc(Cl)nc1)C1CCCC1. The van der Waals surface area contributed by atoms with Crippen LogP contribution in [0.5, 0.6) is 0 Å². The first-order valence-corrected chi connectivity index (χ1v) is 8.66. The van der Waals surface area contributed by atoms with Gasteiger partial charge in [0, 0.05) is 25.3 Å². The number of aromatic nitrogens is 1. The molecule has 0 unspecified atom stereocenters. The van der Waals surface area contributed by atoms with Gasteiger partial charge in [0.25, 0.3) is 0 Å². The Bertz CT molecular complexity index is 527. The van der Waals surface area contributed by atoms with Crippen molar-refractivity contribution in [2.45, 2.75) is 36.6 Å². The van der Waals surface area contributed by atoms with E-state index in [-0.39, 0.29) is 10.0 Å². The zero-order valence-corrected chi connectivity index (χ0v) is 13.1. The Labute approximate surface area is 125 Å². The normalized spacial score (nSPS) is 16.9. The van der Waals surface area contributed by atoms with Gasteiger partial charge in [0.05, 0.1) is 0 Å². The highest BCUT2D eigenvalue weighted by Gasteiger charge is 2.20. The number of rotatable bonds is 6. The third-order valence-corrected chi connectivity index (χ3v) is 5.39. The van der Waals surface area contributed by atoms with Gasteiger partial charge in [-0.3, -0.25) is 0 Å². The summed E-state index contributed by atoms with van der Waals surface area (Å²) in [5.41, 5.74) is 0. The zero-order valence-electron chi connectivity index (χ0n) is 11.5. The Balaban J connectivity index is 1.84. The molecule has 1 aromatic rings. The van der Waals surface area contributed by atoms with Crippen LogP contribution in [0, 0.1) is 0 Å². The summed E-state index contributed by atoms with van der Waals surface area (Å²) in [6, 6.07) is 3.52. The van der Waals surface area contributed by atoms with E-state index in [1.807, 2.05) is 7.05 Å². The molecular formula is C13H20ClN3O2S. The predicted molar refractivity (Wildman–Crippen MR) is 79.3 cm³/mol. The summed E-state index contributed by atoms with van der Waals surface area (Å²) in [5, 5.41) is 0.282. The van der Waals surface area contributed by atoms with Gasteiger partial charge in [-0.05, 0) is 32.0 Å². The van der Waals surface area contributed by atoms with Gasteiger partial charge in [0.1, 0.15) is 10.0 Å². The summed E-state index contributed by atoms with van der Waals surface area (Å²) < 4.78 is 26.7. The molecule has 1 aliphatic carbocycles. The fraction of sp³-hybridized carbons (Fsp3) is 0.615. The first-order valence-electron chi connectivity index (χ1n) is 6.80. The molecule has 0 aliphatic heterocycles. The molecule has 0 saturated heterocycles. The molecule has 0 atom stereocenters. The van der Waals surface area contributed by atoms with Crippen molar-refractivity contribution >= 4 is 21.6 Å². The molecule has 0 spiro atoms. The third kappa shape index (κ3) is 4.15. The van der Waals surface area contributed by atoms with Crippen LogP contribution < -0.4 is 4.72 Å². The molecule has 20 heavy (non-hydrogen) atoms. The Kier molecular flexibility index (Phi) is 5.37. The summed E-state index contributed by atoms with van der Waals surface area (Å²) in [7, 11) is -1.44. The maximum atomic E-state index is 12.0. The summed E-state index contributed by atoms with van der Waals surface area (Å²) >= 11 is 5.65. The quantitative estimate of drug-likeness (QED) is 0.814. The third-order valence-electron chi connectivity index (χ3n) is 3.72. The lowest BCUT2D eigenvalue weighted by atomic mass is 10.2. The zero-order chi connectivity index (χ0) is 14.6. The molecule has 2 rings (SSSR count). The van der Waals surface area contributed by atoms with Gasteiger partial charge >= 0.3 is 0 Å². The van der Waals surface area contributed by atoms with E-state index in [1.54, 1.807) is 0 Å². The molecule has 0 bridgehead atoms. The lowest BCUT2D eigenvalue weighted by Gasteiger charge is -2.23. The van der Waals surface area contributed by atoms with Crippen LogP contribution >= 0.6 is 11.6 Å². The Morgan fingerprint density at radius 2 is 2.10 bits per heavy atom. The fourth-order valence-electron chi connectivity index (χ4n) is 2.49. The molecular weight excluding hydrogens is 298 g/mol. The van der Waals surface area contributed by atoms with Crippen molar-refractivity contribution in [1.82, 2.24) is 14.6 Å². The van der Waals surface area contributed by atoms with Gasteiger partial charge in [-0.15, -0.1) is 0 Å². The first-order chi connectivity index (χ1) is 9.49. The molecule has 7 heteroatoms. The smallest absolute Gasteiger partial charge is 0.242 e. The van der Waals surface area contributed by atoms with Crippen LogP contribution in [-0.2, 0) is 10.0 Å². The van der Waals surface area contributed by atoms with E-state index in [9.17, 15) is 8.42 Å². The van der Waals surface area contributed by atoms with Gasteiger partial charge in [0.2, 0.25) is 10.0 Å². The van der Waals surface area contributed by atoms with Crippen molar-refractivity contribution in [2.24, 2.45) is 0 Å². The second-order valence-corrected chi connectivity index (χ2v) is 7.29. The van der Waals surface area contributed by atoms with Gasteiger partial charge in [-0.1, -0.05) is 24.4 Å². The van der Waals surface area contributed by atoms with Crippen LogP contribution in [0.25, 0.3) is 0 Å². The average molecular weight is 318 g/mol. The van der Waals surface area contributed by atoms with Crippen LogP contribution in [0.2, 0.25) is 5.15 Å². The predicted octanol–water partition coefficient (Wildman–Crippen LogP) is 1.89. The monoisotopic (exact) mass is 317 g/mol. The molecule has 1 saturated carbocycles. The maximum Gasteiger partial charge on any atom is 0.242 e. The van der Waals surface area contributed by atoms with E-state index in [2.05, 4.69) is 14.6 Å². The van der Waals surface area contributed by atoms with Gasteiger partial charge < -0.3 is 4.90 Å². The van der Waals surface area contributed by atoms with E-state index in [4.69, 9.17) is 11.6 Å². The Hall–Kier alpha value is -0.690. The van der Waals surface area contributed by atoms with Crippen molar-refractivity contribution < 1.29 is 8.42 Å². The van der Waals surface area contributed by atoms with E-state index >= 15 is 0 Å². The number of nitrogens with zero attached hydrogens (tertiary/aromatic N) is 2. The van der Waals surface area contributed by atoms with Crippen molar-refractivity contribution in [3.8, 4) is 0 Å². The lowest BCUT2D eigenvalue weighted by Crippen LogP contribution is -2.37. The number of sulfonamides is 1. The number of hydrogen-bond acceptors (Lipinski definition) is 4. The van der Waals surface area contributed by atoms with Crippen molar-refractivity contribution in [3.63, 3.8) is 0 Å². The minimum absolute atomic E-state index is 0.144. The minimum Gasteiger partial charge on any atom is -0.302 e. The highest BCUT2D eigenvalue weighted by Crippen LogP contribution is 2.21. The van der Waals surface area contributed by atoms with Crippen LogP contribution in [-0.4, -0.2) is 44.5 Å². The molecule has 1 fully saturated rings. The summed E-state index contributed by atoms with van der Waals surface area (Å²) in [6.45, 7) is 1.11. The van der Waals surface area contributed by atoms with E-state index in [0.717, 1.165) is 0 Å². The van der Waals surface area contributed by atoms with Crippen LogP contribution in [0.1, 0.15) is 25.7 Å². The van der Waals surface area contributed by atoms with Crippen LogP contribution in [0.4, 0.5) is 0 Å². The molecule has 0 radical (unpaired) electrons. The highest BCUT2D eigenvalue weighted by atomic mass is 35.5. The highest BCUT2D eigenvalue weighted by molar-refractivity contribution is 7.89. The number of likely N-dealkylation sites (N-methyl/N-ethyl adjacent to an activating group) is 1. The van der Waals surface area contributed by atoms with Gasteiger partial charge in [0.15, 0.2) is 0 Å². The molecule has 1 aliphatic rings. The van der Waals surface area contributed by atoms with E-state index in [0.29, 0.717) is 19.1 Å². The molecule has 0 aromatic carbocycles. The largest absolute Gasteiger partial charge is 0.302 e. The fourth-order valence-corrected chi connectivity index (χ4v) is 3.57. The summed E-state index contributed by atoms with van der Waals surface area (Å²) in [4.78, 5) is 6.16. The number of halogens is 1. The van der Waals surface area contributed by atoms with Gasteiger partial charge in [-0.25, -0.2) is 18.1 Å². The lowest BCUT2D eigenvalue weighted by molar-refractivity contribution is 0.250. The molecule has 1 heterocycles. The average Bonchev–Trinajstić information content (AvgIpc) is 2.93. The maximum absolute atomic E-state index is 12.0. The molecule has 112 valence electrons. The summed E-state index contributed by atoms with van der Waals surface area (Å²) in [6.07, 6.45) is 6.24. The Morgan fingerprint density at radius 3 is 2.70 bits per heavy atom. The molecule has 5 nitrogen and oxygen atoms in total. The van der Waals surface area contributed by atoms with Gasteiger partial charge in [-0.2, -0.15) is 0 Å². The molecule has 1 aromatic heterocycles. The van der Waals surface area contributed by atoms with Crippen LogP contribution in [0.3, 0.4) is 0 Å². The number of hydrogen-bond donors (Lipinski definition) is 1. The molecule has 1 N–H and O–H groups in total. The van der Waals surface area contributed by atoms with Crippen molar-refractivity contribution in [1.29, 1.82) is 0 Å². The standard InChI is InChI=1S/C13H20ClN3O2S/c1-17(11-4-2-3-5-11)9-8-16-20(18,19)12-6-7-13(14)15-10-12/h6-7,10-11,16H,2-5,8-9H2,1H3. The van der Waals surface area contributed by atoms with E-state index < -0.39 is 10.0 Å². The second kappa shape index (κ2) is 6.85. The molecule has 0 amide bonds. The van der Waals surface area contributed by atoms with E-state index in [1.165, 1.54) is 44.0 Å². The Morgan fingerprint density at radius 1 is 1.40 bits per heavy atom. The van der Waals surface area contributed by atoms with Crippen LogP contribution in [0.15, 0.2) is 23.2 Å². The van der Waals surface area contributed by atoms with Crippen molar-refractivity contribution in [3.05, 3.63) is 23.5 Å². The number of pyridine rings is 1. The minimum atomic E-state index is -3.49. The summed E-state index contributed by atoms with van der Waals surface area (Å²) in [5.74, 6) is 0.